The molecule has 106 valence electrons. The number of aliphatic hydroxyl groups excluding tert-OH is 1. The van der Waals surface area contributed by atoms with E-state index in [1.165, 1.54) is 45.4 Å². The van der Waals surface area contributed by atoms with Crippen molar-refractivity contribution in [3.63, 3.8) is 0 Å². The number of hydrogen-bond donors (Lipinski definition) is 1. The summed E-state index contributed by atoms with van der Waals surface area (Å²) in [5.74, 6) is 0.287. The van der Waals surface area contributed by atoms with Crippen LogP contribution in [0, 0.1) is 0 Å². The molecule has 0 unspecified atom stereocenters. The van der Waals surface area contributed by atoms with Crippen molar-refractivity contribution in [3.8, 4) is 0 Å². The summed E-state index contributed by atoms with van der Waals surface area (Å²) < 4.78 is 4.00. The Bertz CT molecular complexity index is 800. The van der Waals surface area contributed by atoms with Gasteiger partial charge in [-0.15, -0.1) is 10.9 Å². The van der Waals surface area contributed by atoms with Crippen LogP contribution in [-0.4, -0.2) is 53.2 Å². The van der Waals surface area contributed by atoms with Gasteiger partial charge in [-0.05, 0) is 14.1 Å². The Balaban J connectivity index is 2.26. The quantitative estimate of drug-likeness (QED) is 0.573. The Morgan fingerprint density at radius 3 is 2.40 bits per heavy atom. The summed E-state index contributed by atoms with van der Waals surface area (Å²) in [6.07, 6.45) is 0. The van der Waals surface area contributed by atoms with Crippen LogP contribution in [0.2, 0.25) is 0 Å². The van der Waals surface area contributed by atoms with Gasteiger partial charge in [-0.25, -0.2) is 4.58 Å². The van der Waals surface area contributed by atoms with Crippen LogP contribution in [0.15, 0.2) is 4.91 Å². The van der Waals surface area contributed by atoms with E-state index in [9.17, 15) is 9.90 Å². The van der Waals surface area contributed by atoms with Gasteiger partial charge in [0.25, 0.3) is 0 Å². The highest BCUT2D eigenvalue weighted by Gasteiger charge is 2.37. The fourth-order valence-electron chi connectivity index (χ4n) is 1.76. The molecule has 0 amide bonds. The van der Waals surface area contributed by atoms with Crippen LogP contribution < -0.4 is 8.56 Å². The van der Waals surface area contributed by atoms with Crippen molar-refractivity contribution in [3.05, 3.63) is 18.6 Å². The van der Waals surface area contributed by atoms with E-state index in [4.69, 9.17) is 0 Å². The van der Waals surface area contributed by atoms with Crippen molar-refractivity contribution in [1.82, 2.24) is 9.48 Å². The average molecular weight is 346 g/mol. The SMILES string of the molecule is CN(C)C1=S=C2C(=O)c3sc(=[N+](C)C)sc3C(O)=C2S1. The Morgan fingerprint density at radius 1 is 1.15 bits per heavy atom. The van der Waals surface area contributed by atoms with Crippen molar-refractivity contribution in [2.75, 3.05) is 28.2 Å². The average Bonchev–Trinajstić information content (AvgIpc) is 3.00. The van der Waals surface area contributed by atoms with E-state index in [1.54, 1.807) is 0 Å². The normalized spacial score (nSPS) is 17.6. The molecule has 1 aromatic heterocycles. The number of fused-ring (bicyclic) bond motifs is 2. The van der Waals surface area contributed by atoms with Crippen LogP contribution in [0.4, 0.5) is 0 Å². The number of ketones is 1. The second-order valence-electron chi connectivity index (χ2n) is 4.72. The summed E-state index contributed by atoms with van der Waals surface area (Å²) in [6, 6.07) is 0. The van der Waals surface area contributed by atoms with Gasteiger partial charge in [0.15, 0.2) is 0 Å². The van der Waals surface area contributed by atoms with Crippen LogP contribution in [0.25, 0.3) is 5.76 Å². The van der Waals surface area contributed by atoms with Gasteiger partial charge in [0.05, 0.1) is 14.6 Å². The van der Waals surface area contributed by atoms with Crippen molar-refractivity contribution >= 4 is 66.1 Å². The Morgan fingerprint density at radius 2 is 1.80 bits per heavy atom. The number of thioether (sulfide) groups is 1. The van der Waals surface area contributed by atoms with Crippen LogP contribution in [0.3, 0.4) is 0 Å². The smallest absolute Gasteiger partial charge is 0.314 e. The number of aliphatic hydroxyl groups is 1. The molecule has 1 aliphatic carbocycles. The molecule has 0 fully saturated rings. The third-order valence-corrected chi connectivity index (χ3v) is 8.55. The van der Waals surface area contributed by atoms with E-state index >= 15 is 0 Å². The largest absolute Gasteiger partial charge is 0.505 e. The molecule has 4 nitrogen and oxygen atoms in total. The first-order chi connectivity index (χ1) is 9.40. The summed E-state index contributed by atoms with van der Waals surface area (Å²) in [6.45, 7) is 0. The monoisotopic (exact) mass is 345 g/mol. The first kappa shape index (κ1) is 14.3. The molecule has 0 spiro atoms. The summed E-state index contributed by atoms with van der Waals surface area (Å²) in [4.78, 5) is 17.3. The van der Waals surface area contributed by atoms with Crippen LogP contribution in [0.5, 0.6) is 0 Å². The highest BCUT2D eigenvalue weighted by molar-refractivity contribution is 8.33. The molecule has 2 heterocycles. The second-order valence-corrected chi connectivity index (χ2v) is 9.24. The third-order valence-electron chi connectivity index (χ3n) is 2.74. The zero-order valence-corrected chi connectivity index (χ0v) is 14.6. The van der Waals surface area contributed by atoms with Gasteiger partial charge in [-0.3, -0.25) is 9.69 Å². The van der Waals surface area contributed by atoms with Gasteiger partial charge >= 0.3 is 3.98 Å². The lowest BCUT2D eigenvalue weighted by atomic mass is 10.1. The van der Waals surface area contributed by atoms with Crippen molar-refractivity contribution in [1.29, 1.82) is 0 Å². The predicted octanol–water partition coefficient (Wildman–Crippen LogP) is 1.57. The van der Waals surface area contributed by atoms with Crippen molar-refractivity contribution in [2.24, 2.45) is 0 Å². The highest BCUT2D eigenvalue weighted by atomic mass is 32.2. The first-order valence-corrected chi connectivity index (χ1v) is 9.06. The zero-order valence-electron chi connectivity index (χ0n) is 11.4. The fraction of sp³-hybridized carbons (Fsp3) is 0.333. The van der Waals surface area contributed by atoms with Crippen LogP contribution in [-0.2, 0) is 0 Å². The molecule has 0 saturated carbocycles. The maximum Gasteiger partial charge on any atom is 0.314 e. The van der Waals surface area contributed by atoms with Gasteiger partial charge in [0.1, 0.15) is 29.1 Å². The highest BCUT2D eigenvalue weighted by Crippen LogP contribution is 2.41. The summed E-state index contributed by atoms with van der Waals surface area (Å²) in [5.41, 5.74) is 0. The molecule has 1 aliphatic heterocycles. The molecule has 0 radical (unpaired) electrons. The number of carbonyl (C=O) groups is 1. The summed E-state index contributed by atoms with van der Waals surface area (Å²) in [7, 11) is 9.22. The number of nitrogens with zero attached hydrogens (tertiary/aromatic N) is 2. The molecule has 1 N–H and O–H groups in total. The molecule has 3 rings (SSSR count). The lowest BCUT2D eigenvalue weighted by molar-refractivity contribution is 0.107. The molecule has 0 atom stereocenters. The second kappa shape index (κ2) is 4.96. The molecule has 1 aromatic rings. The van der Waals surface area contributed by atoms with Gasteiger partial charge in [0.2, 0.25) is 5.78 Å². The van der Waals surface area contributed by atoms with E-state index in [-0.39, 0.29) is 11.5 Å². The molecular formula is C12H13N2O2S4+. The van der Waals surface area contributed by atoms with Crippen molar-refractivity contribution in [2.45, 2.75) is 0 Å². The predicted molar refractivity (Wildman–Crippen MR) is 92.1 cm³/mol. The van der Waals surface area contributed by atoms with Gasteiger partial charge in [-0.1, -0.05) is 34.4 Å². The first-order valence-electron chi connectivity index (χ1n) is 5.80. The lowest BCUT2D eigenvalue weighted by Crippen LogP contribution is -2.18. The van der Waals surface area contributed by atoms with Gasteiger partial charge < -0.3 is 5.11 Å². The topological polar surface area (TPSA) is 43.5 Å². The molecule has 0 saturated heterocycles. The van der Waals surface area contributed by atoms with E-state index in [0.29, 0.717) is 19.5 Å². The summed E-state index contributed by atoms with van der Waals surface area (Å²) in [5, 5.41) is 10.5. The molecule has 0 bridgehead atoms. The Labute approximate surface area is 132 Å². The number of carbonyl (C=O) groups excluding carboxylic acids is 1. The lowest BCUT2D eigenvalue weighted by Gasteiger charge is -2.13. The maximum atomic E-state index is 12.6. The summed E-state index contributed by atoms with van der Waals surface area (Å²) >= 11 is 4.39. The van der Waals surface area contributed by atoms with Gasteiger partial charge in [-0.2, -0.15) is 0 Å². The molecule has 20 heavy (non-hydrogen) atoms. The maximum absolute atomic E-state index is 12.6. The van der Waals surface area contributed by atoms with Crippen LogP contribution >= 0.6 is 45.4 Å². The van der Waals surface area contributed by atoms with E-state index in [0.717, 1.165) is 8.31 Å². The van der Waals surface area contributed by atoms with Gasteiger partial charge in [0, 0.05) is 0 Å². The molecule has 0 aromatic carbocycles. The zero-order chi connectivity index (χ0) is 14.6. The van der Waals surface area contributed by atoms with E-state index in [2.05, 4.69) is 0 Å². The Hall–Kier alpha value is -0.670. The number of rotatable bonds is 0. The van der Waals surface area contributed by atoms with E-state index in [1.807, 2.05) is 37.7 Å². The Kier molecular flexibility index (Phi) is 3.54. The van der Waals surface area contributed by atoms with Crippen LogP contribution in [0.1, 0.15) is 14.5 Å². The molecule has 8 heteroatoms. The van der Waals surface area contributed by atoms with Crippen molar-refractivity contribution < 1.29 is 9.90 Å². The number of Topliss-reactive ketones (excluding diaryl/α,β-unsaturated/α-hetero) is 1. The molecular weight excluding hydrogens is 332 g/mol. The number of hydrogen-bond acceptors (Lipinski definition) is 6. The minimum atomic E-state index is 0.0384. The molecule has 2 aliphatic rings. The minimum Gasteiger partial charge on any atom is -0.505 e. The van der Waals surface area contributed by atoms with E-state index < -0.39 is 0 Å². The minimum absolute atomic E-state index is 0.0384. The third kappa shape index (κ3) is 2.06. The standard InChI is InChI=1S/C12H12N2O2S4/c1-13(2)11-17-7-5(15)9-10(6(16)8(7)18-11)20-12(19-9)14(3)4/h1-4H3/p+1. The fourth-order valence-corrected chi connectivity index (χ4v) is 6.69. The number of allylic oxidation sites excluding steroid dienone is 1.